The summed E-state index contributed by atoms with van der Waals surface area (Å²) in [6, 6.07) is 59.3. The molecule has 7 aromatic carbocycles. The maximum absolute atomic E-state index is 7.87. The van der Waals surface area contributed by atoms with E-state index in [9.17, 15) is 0 Å². The van der Waals surface area contributed by atoms with E-state index in [1.165, 1.54) is 70.2 Å². The third-order valence-electron chi connectivity index (χ3n) is 9.75. The van der Waals surface area contributed by atoms with E-state index in [4.69, 9.17) is 5.73 Å². The lowest BCUT2D eigenvalue weighted by Crippen LogP contribution is -2.40. The molecule has 1 unspecified atom stereocenters. The van der Waals surface area contributed by atoms with Crippen LogP contribution in [-0.2, 0) is 12.0 Å². The number of hydrogen-bond acceptors (Lipinski definition) is 2. The van der Waals surface area contributed by atoms with Gasteiger partial charge >= 0.3 is 0 Å². The van der Waals surface area contributed by atoms with Crippen molar-refractivity contribution in [3.8, 4) is 33.4 Å². The third-order valence-corrected chi connectivity index (χ3v) is 10.9. The fraction of sp³-hybridized carbons (Fsp3) is 0.0455. The zero-order chi connectivity index (χ0) is 30.7. The van der Waals surface area contributed by atoms with E-state index in [-0.39, 0.29) is 0 Å². The van der Waals surface area contributed by atoms with Crippen LogP contribution in [0.4, 0.5) is 0 Å². The molecule has 1 aliphatic rings. The van der Waals surface area contributed by atoms with Gasteiger partial charge in [0.2, 0.25) is 0 Å². The Kier molecular flexibility index (Phi) is 6.28. The van der Waals surface area contributed by atoms with Crippen LogP contribution >= 0.6 is 11.3 Å². The summed E-state index contributed by atoms with van der Waals surface area (Å²) in [5.74, 6) is 0. The van der Waals surface area contributed by atoms with Crippen LogP contribution in [0.1, 0.15) is 27.8 Å². The Balaban J connectivity index is 1.22. The van der Waals surface area contributed by atoms with Gasteiger partial charge in [-0.25, -0.2) is 0 Å². The summed E-state index contributed by atoms with van der Waals surface area (Å²) in [5, 5.41) is 2.55. The van der Waals surface area contributed by atoms with Crippen molar-refractivity contribution in [2.45, 2.75) is 12.0 Å². The fourth-order valence-electron chi connectivity index (χ4n) is 7.41. The molecule has 2 heteroatoms. The van der Waals surface area contributed by atoms with Gasteiger partial charge in [-0.3, -0.25) is 0 Å². The van der Waals surface area contributed by atoms with Crippen molar-refractivity contribution in [2.75, 3.05) is 0 Å². The lowest BCUT2D eigenvalue weighted by atomic mass is 9.74. The Hall–Kier alpha value is -5.28. The predicted molar refractivity (Wildman–Crippen MR) is 195 cm³/mol. The van der Waals surface area contributed by atoms with Crippen LogP contribution in [-0.4, -0.2) is 0 Å². The first-order valence-electron chi connectivity index (χ1n) is 15.8. The normalized spacial score (nSPS) is 13.4. The Morgan fingerprint density at radius 1 is 0.457 bits per heavy atom. The van der Waals surface area contributed by atoms with Gasteiger partial charge in [-0.05, 0) is 91.9 Å². The van der Waals surface area contributed by atoms with E-state index in [1.54, 1.807) is 0 Å². The number of benzene rings is 7. The molecule has 218 valence electrons. The molecule has 1 aliphatic carbocycles. The van der Waals surface area contributed by atoms with Crippen molar-refractivity contribution in [3.63, 3.8) is 0 Å². The first kappa shape index (κ1) is 27.1. The van der Waals surface area contributed by atoms with Gasteiger partial charge in [-0.15, -0.1) is 11.3 Å². The Labute approximate surface area is 273 Å². The van der Waals surface area contributed by atoms with Gasteiger partial charge in [-0.2, -0.15) is 0 Å². The molecule has 1 aromatic heterocycles. The van der Waals surface area contributed by atoms with Crippen LogP contribution in [0, 0.1) is 0 Å². The highest BCUT2D eigenvalue weighted by molar-refractivity contribution is 7.25. The van der Waals surface area contributed by atoms with E-state index in [0.717, 1.165) is 17.5 Å². The molecule has 0 fully saturated rings. The molecular formula is C44H31NS. The third kappa shape index (κ3) is 4.26. The SMILES string of the molecule is NC(c1ccc(-c2cccc(-c3ccccc3)c2)cc1)(c1ccc2sc3ccccc3c2c1)c1cccc2c1Cc1ccccc1-2. The molecule has 0 aliphatic heterocycles. The van der Waals surface area contributed by atoms with Gasteiger partial charge in [0, 0.05) is 20.2 Å². The smallest absolute Gasteiger partial charge is 0.0926 e. The van der Waals surface area contributed by atoms with Crippen molar-refractivity contribution in [1.82, 2.24) is 0 Å². The summed E-state index contributed by atoms with van der Waals surface area (Å²) in [7, 11) is 0. The van der Waals surface area contributed by atoms with Gasteiger partial charge in [0.15, 0.2) is 0 Å². The van der Waals surface area contributed by atoms with Crippen molar-refractivity contribution >= 4 is 31.5 Å². The number of rotatable bonds is 5. The molecule has 1 heterocycles. The van der Waals surface area contributed by atoms with Crippen LogP contribution in [0.25, 0.3) is 53.6 Å². The van der Waals surface area contributed by atoms with E-state index in [0.29, 0.717) is 0 Å². The summed E-state index contributed by atoms with van der Waals surface area (Å²) in [6.45, 7) is 0. The van der Waals surface area contributed by atoms with E-state index >= 15 is 0 Å². The summed E-state index contributed by atoms with van der Waals surface area (Å²) >= 11 is 1.84. The molecule has 8 aromatic rings. The van der Waals surface area contributed by atoms with Crippen LogP contribution < -0.4 is 5.73 Å². The highest BCUT2D eigenvalue weighted by Gasteiger charge is 2.37. The lowest BCUT2D eigenvalue weighted by molar-refractivity contribution is 0.648. The lowest BCUT2D eigenvalue weighted by Gasteiger charge is -2.34. The molecule has 0 spiro atoms. The summed E-state index contributed by atoms with van der Waals surface area (Å²) in [6.07, 6.45) is 0.884. The molecule has 0 saturated heterocycles. The summed E-state index contributed by atoms with van der Waals surface area (Å²) in [4.78, 5) is 0. The molecule has 0 bridgehead atoms. The molecular weight excluding hydrogens is 575 g/mol. The molecule has 1 nitrogen and oxygen atoms in total. The second-order valence-electron chi connectivity index (χ2n) is 12.3. The quantitative estimate of drug-likeness (QED) is 0.194. The minimum absolute atomic E-state index is 0.852. The number of hydrogen-bond donors (Lipinski definition) is 1. The van der Waals surface area contributed by atoms with Crippen molar-refractivity contribution < 1.29 is 0 Å². The largest absolute Gasteiger partial charge is 0.314 e. The van der Waals surface area contributed by atoms with Gasteiger partial charge in [-0.1, -0.05) is 140 Å². The average Bonchev–Trinajstić information content (AvgIpc) is 3.70. The number of thiophene rings is 1. The Bertz CT molecular complexity index is 2400. The van der Waals surface area contributed by atoms with Gasteiger partial charge in [0.25, 0.3) is 0 Å². The molecule has 1 atom stereocenters. The summed E-state index contributed by atoms with van der Waals surface area (Å²) in [5.41, 5.74) is 20.5. The maximum atomic E-state index is 7.87. The minimum atomic E-state index is -0.852. The zero-order valence-electron chi connectivity index (χ0n) is 25.3. The molecule has 9 rings (SSSR count). The summed E-state index contributed by atoms with van der Waals surface area (Å²) < 4.78 is 2.59. The van der Waals surface area contributed by atoms with Crippen LogP contribution in [0.15, 0.2) is 164 Å². The second-order valence-corrected chi connectivity index (χ2v) is 13.4. The van der Waals surface area contributed by atoms with Gasteiger partial charge in [0.1, 0.15) is 0 Å². The van der Waals surface area contributed by atoms with E-state index in [2.05, 4.69) is 164 Å². The average molecular weight is 606 g/mol. The van der Waals surface area contributed by atoms with Gasteiger partial charge in [0.05, 0.1) is 5.54 Å². The van der Waals surface area contributed by atoms with Crippen molar-refractivity contribution in [2.24, 2.45) is 5.73 Å². The predicted octanol–water partition coefficient (Wildman–Crippen LogP) is 11.2. The Morgan fingerprint density at radius 3 is 1.93 bits per heavy atom. The number of fused-ring (bicyclic) bond motifs is 6. The molecule has 46 heavy (non-hydrogen) atoms. The van der Waals surface area contributed by atoms with Crippen molar-refractivity contribution in [3.05, 3.63) is 192 Å². The highest BCUT2D eigenvalue weighted by atomic mass is 32.1. The first-order valence-corrected chi connectivity index (χ1v) is 16.7. The molecule has 0 saturated carbocycles. The molecule has 2 N–H and O–H groups in total. The van der Waals surface area contributed by atoms with Crippen molar-refractivity contribution in [1.29, 1.82) is 0 Å². The van der Waals surface area contributed by atoms with E-state index < -0.39 is 5.54 Å². The monoisotopic (exact) mass is 605 g/mol. The molecule has 0 radical (unpaired) electrons. The fourth-order valence-corrected chi connectivity index (χ4v) is 8.50. The number of nitrogens with two attached hydrogens (primary N) is 1. The maximum Gasteiger partial charge on any atom is 0.0926 e. The van der Waals surface area contributed by atoms with Crippen LogP contribution in [0.5, 0.6) is 0 Å². The molecule has 0 amide bonds. The first-order chi connectivity index (χ1) is 22.7. The van der Waals surface area contributed by atoms with Crippen LogP contribution in [0.2, 0.25) is 0 Å². The zero-order valence-corrected chi connectivity index (χ0v) is 26.1. The second kappa shape index (κ2) is 10.7. The van der Waals surface area contributed by atoms with Crippen LogP contribution in [0.3, 0.4) is 0 Å². The van der Waals surface area contributed by atoms with E-state index in [1.807, 2.05) is 11.3 Å². The Morgan fingerprint density at radius 2 is 1.09 bits per heavy atom. The highest BCUT2D eigenvalue weighted by Crippen LogP contribution is 2.46. The topological polar surface area (TPSA) is 26.0 Å². The standard InChI is InChI=1S/C44H31NS/c45-44(35-24-25-43-40(28-35)38-16-6-7-19-42(38)46-43,41-18-9-17-37-36-15-5-4-12-33(36)27-39(37)41)34-22-20-30(21-23-34)32-14-8-13-31(26-32)29-10-2-1-3-11-29/h1-26,28H,27,45H2. The van der Waals surface area contributed by atoms with Gasteiger partial charge < -0.3 is 5.73 Å². The minimum Gasteiger partial charge on any atom is -0.314 e.